The maximum Gasteiger partial charge on any atom is 0.227 e. The molecule has 0 aromatic heterocycles. The van der Waals surface area contributed by atoms with Crippen LogP contribution in [0.4, 0.5) is 0 Å². The number of hydrogen-bond donors (Lipinski definition) is 0. The number of carbonyl (C=O) groups is 1. The van der Waals surface area contributed by atoms with Crippen LogP contribution in [0.5, 0.6) is 5.75 Å². The van der Waals surface area contributed by atoms with Crippen LogP contribution in [0.3, 0.4) is 0 Å². The van der Waals surface area contributed by atoms with E-state index in [1.165, 1.54) is 25.7 Å². The van der Waals surface area contributed by atoms with Crippen LogP contribution >= 0.6 is 0 Å². The van der Waals surface area contributed by atoms with E-state index in [2.05, 4.69) is 4.90 Å². The van der Waals surface area contributed by atoms with Crippen LogP contribution in [0.1, 0.15) is 50.5 Å². The number of hydrogen-bond acceptors (Lipinski definition) is 4. The first-order valence-corrected chi connectivity index (χ1v) is 10.9. The summed E-state index contributed by atoms with van der Waals surface area (Å²) in [6, 6.07) is 8.56. The molecular formula is C23H34N2O3. The summed E-state index contributed by atoms with van der Waals surface area (Å²) in [6.45, 7) is 3.24. The summed E-state index contributed by atoms with van der Waals surface area (Å²) in [5, 5.41) is 0. The van der Waals surface area contributed by atoms with Gasteiger partial charge in [0, 0.05) is 25.7 Å². The number of methoxy groups -OCH3 is 1. The Hall–Kier alpha value is -1.59. The molecule has 1 spiro atoms. The van der Waals surface area contributed by atoms with Crippen LogP contribution in [0.2, 0.25) is 0 Å². The Morgan fingerprint density at radius 3 is 2.61 bits per heavy atom. The van der Waals surface area contributed by atoms with Crippen LogP contribution in [-0.2, 0) is 16.0 Å². The highest BCUT2D eigenvalue weighted by molar-refractivity contribution is 5.79. The second-order valence-corrected chi connectivity index (χ2v) is 8.79. The fraction of sp³-hybridized carbons (Fsp3) is 0.696. The molecule has 1 aromatic rings. The molecule has 28 heavy (non-hydrogen) atoms. The average molecular weight is 387 g/mol. The second-order valence-electron chi connectivity index (χ2n) is 8.79. The summed E-state index contributed by atoms with van der Waals surface area (Å²) < 4.78 is 11.5. The molecule has 0 N–H and O–H groups in total. The summed E-state index contributed by atoms with van der Waals surface area (Å²) in [7, 11) is 3.67. The summed E-state index contributed by atoms with van der Waals surface area (Å²) in [4.78, 5) is 17.8. The van der Waals surface area contributed by atoms with Crippen LogP contribution in [-0.4, -0.2) is 67.2 Å². The van der Waals surface area contributed by atoms with Crippen molar-refractivity contribution in [1.82, 2.24) is 9.80 Å². The van der Waals surface area contributed by atoms with E-state index >= 15 is 0 Å². The molecule has 0 unspecified atom stereocenters. The van der Waals surface area contributed by atoms with E-state index in [0.29, 0.717) is 18.5 Å². The lowest BCUT2D eigenvalue weighted by Gasteiger charge is -2.48. The molecule has 1 aromatic carbocycles. The van der Waals surface area contributed by atoms with E-state index in [0.717, 1.165) is 50.3 Å². The Labute approximate surface area is 169 Å². The minimum absolute atomic E-state index is 0.0730. The monoisotopic (exact) mass is 386 g/mol. The van der Waals surface area contributed by atoms with E-state index in [9.17, 15) is 4.79 Å². The smallest absolute Gasteiger partial charge is 0.227 e. The van der Waals surface area contributed by atoms with Gasteiger partial charge in [-0.2, -0.15) is 0 Å². The van der Waals surface area contributed by atoms with Crippen LogP contribution in [0.25, 0.3) is 0 Å². The number of likely N-dealkylation sites (N-methyl/N-ethyl adjacent to an activating group) is 1. The van der Waals surface area contributed by atoms with Crippen LogP contribution in [0.15, 0.2) is 24.3 Å². The van der Waals surface area contributed by atoms with Gasteiger partial charge in [-0.3, -0.25) is 9.69 Å². The minimum atomic E-state index is 0.0730. The van der Waals surface area contributed by atoms with Gasteiger partial charge < -0.3 is 14.4 Å². The van der Waals surface area contributed by atoms with Crippen molar-refractivity contribution in [2.75, 3.05) is 33.9 Å². The van der Waals surface area contributed by atoms with Gasteiger partial charge in [0.25, 0.3) is 0 Å². The highest BCUT2D eigenvalue weighted by atomic mass is 16.5. The van der Waals surface area contributed by atoms with Gasteiger partial charge in [0.05, 0.1) is 19.1 Å². The summed E-state index contributed by atoms with van der Waals surface area (Å²) in [6.07, 6.45) is 8.59. The largest absolute Gasteiger partial charge is 0.497 e. The molecule has 5 nitrogen and oxygen atoms in total. The van der Waals surface area contributed by atoms with E-state index in [1.807, 2.05) is 36.2 Å². The van der Waals surface area contributed by atoms with Gasteiger partial charge in [0.15, 0.2) is 0 Å². The molecule has 1 saturated carbocycles. The topological polar surface area (TPSA) is 42.0 Å². The normalized spacial score (nSPS) is 30.6. The number of nitrogens with zero attached hydrogens (tertiary/aromatic N) is 2. The zero-order chi connectivity index (χ0) is 19.6. The first-order valence-electron chi connectivity index (χ1n) is 10.9. The van der Waals surface area contributed by atoms with Crippen molar-refractivity contribution >= 4 is 5.91 Å². The minimum Gasteiger partial charge on any atom is -0.497 e. The lowest BCUT2D eigenvalue weighted by atomic mass is 9.76. The fourth-order valence-corrected chi connectivity index (χ4v) is 5.46. The number of benzene rings is 1. The Bertz CT molecular complexity index is 663. The molecule has 3 aliphatic rings. The van der Waals surface area contributed by atoms with Crippen molar-refractivity contribution < 1.29 is 14.3 Å². The number of carbonyl (C=O) groups excluding carboxylic acids is 1. The van der Waals surface area contributed by atoms with E-state index in [4.69, 9.17) is 9.47 Å². The predicted molar refractivity (Wildman–Crippen MR) is 110 cm³/mol. The highest BCUT2D eigenvalue weighted by Crippen LogP contribution is 2.43. The molecule has 0 radical (unpaired) electrons. The zero-order valence-electron chi connectivity index (χ0n) is 17.4. The molecule has 1 aliphatic carbocycles. The second kappa shape index (κ2) is 8.42. The highest BCUT2D eigenvalue weighted by Gasteiger charge is 2.47. The summed E-state index contributed by atoms with van der Waals surface area (Å²) >= 11 is 0. The van der Waals surface area contributed by atoms with Gasteiger partial charge in [0.1, 0.15) is 5.75 Å². The fourth-order valence-electron chi connectivity index (χ4n) is 5.46. The third-order valence-corrected chi connectivity index (χ3v) is 7.12. The molecule has 2 saturated heterocycles. The molecular weight excluding hydrogens is 352 g/mol. The lowest BCUT2D eigenvalue weighted by Crippen LogP contribution is -2.58. The molecule has 0 bridgehead atoms. The van der Waals surface area contributed by atoms with Gasteiger partial charge in [0.2, 0.25) is 5.91 Å². The van der Waals surface area contributed by atoms with Crippen molar-refractivity contribution in [2.24, 2.45) is 0 Å². The SMILES string of the molecule is COc1ccc(CC(=O)N(C)[C@@H]2CC[C@]3(CCCO3)C[C@H]2N2CCCC2)cc1. The Balaban J connectivity index is 1.45. The number of ether oxygens (including phenoxy) is 2. The van der Waals surface area contributed by atoms with Crippen molar-refractivity contribution in [3.63, 3.8) is 0 Å². The van der Waals surface area contributed by atoms with Gasteiger partial charge >= 0.3 is 0 Å². The Morgan fingerprint density at radius 2 is 1.96 bits per heavy atom. The molecule has 154 valence electrons. The van der Waals surface area contributed by atoms with E-state index < -0.39 is 0 Å². The summed E-state index contributed by atoms with van der Waals surface area (Å²) in [5.41, 5.74) is 1.12. The maximum absolute atomic E-state index is 13.1. The van der Waals surface area contributed by atoms with Gasteiger partial charge in [-0.15, -0.1) is 0 Å². The van der Waals surface area contributed by atoms with Gasteiger partial charge in [-0.05, 0) is 75.7 Å². The standard InChI is InChI=1S/C23H34N2O3/c1-24(22(26)16-18-6-8-19(27-2)9-7-18)20-10-12-23(11-5-15-28-23)17-21(20)25-13-3-4-14-25/h6-9,20-21H,3-5,10-17H2,1-2H3/t20-,21-,23-/m1/s1. The number of amides is 1. The van der Waals surface area contributed by atoms with Crippen molar-refractivity contribution in [2.45, 2.75) is 69.1 Å². The molecule has 3 fully saturated rings. The Morgan fingerprint density at radius 1 is 1.21 bits per heavy atom. The first kappa shape index (κ1) is 19.7. The van der Waals surface area contributed by atoms with Crippen LogP contribution in [0, 0.1) is 0 Å². The third-order valence-electron chi connectivity index (χ3n) is 7.12. The molecule has 3 atom stereocenters. The number of likely N-dealkylation sites (tertiary alicyclic amines) is 1. The zero-order valence-corrected chi connectivity index (χ0v) is 17.4. The average Bonchev–Trinajstić information content (AvgIpc) is 3.41. The van der Waals surface area contributed by atoms with Crippen molar-refractivity contribution in [3.05, 3.63) is 29.8 Å². The third kappa shape index (κ3) is 4.06. The van der Waals surface area contributed by atoms with Gasteiger partial charge in [-0.1, -0.05) is 12.1 Å². The predicted octanol–water partition coefficient (Wildman–Crippen LogP) is 3.26. The number of rotatable bonds is 5. The van der Waals surface area contributed by atoms with Crippen molar-refractivity contribution in [3.8, 4) is 5.75 Å². The molecule has 1 amide bonds. The Kier molecular flexibility index (Phi) is 5.93. The quantitative estimate of drug-likeness (QED) is 0.779. The van der Waals surface area contributed by atoms with Crippen LogP contribution < -0.4 is 4.74 Å². The maximum atomic E-state index is 13.1. The molecule has 4 rings (SSSR count). The lowest BCUT2D eigenvalue weighted by molar-refractivity contribution is -0.136. The van der Waals surface area contributed by atoms with E-state index in [-0.39, 0.29) is 11.5 Å². The molecule has 2 aliphatic heterocycles. The molecule has 2 heterocycles. The van der Waals surface area contributed by atoms with Gasteiger partial charge in [-0.25, -0.2) is 0 Å². The molecule has 5 heteroatoms. The van der Waals surface area contributed by atoms with Crippen molar-refractivity contribution in [1.29, 1.82) is 0 Å². The first-order chi connectivity index (χ1) is 13.6. The van der Waals surface area contributed by atoms with E-state index in [1.54, 1.807) is 7.11 Å². The summed E-state index contributed by atoms with van der Waals surface area (Å²) in [5.74, 6) is 1.04.